The number of benzene rings is 2. The lowest BCUT2D eigenvalue weighted by atomic mass is 9.90. The van der Waals surface area contributed by atoms with Crippen LogP contribution in [0.4, 0.5) is 11.4 Å². The molecule has 1 heterocycles. The first kappa shape index (κ1) is 25.7. The van der Waals surface area contributed by atoms with E-state index in [0.29, 0.717) is 13.1 Å². The highest BCUT2D eigenvalue weighted by molar-refractivity contribution is 6.04. The Morgan fingerprint density at radius 2 is 1.79 bits per heavy atom. The molecule has 1 amide bonds. The van der Waals surface area contributed by atoms with Crippen molar-refractivity contribution in [3.05, 3.63) is 70.5 Å². The Morgan fingerprint density at radius 1 is 1.09 bits per heavy atom. The molecule has 1 fully saturated rings. The van der Waals surface area contributed by atoms with Crippen LogP contribution in [0.3, 0.4) is 0 Å². The fraction of sp³-hybridized carbons (Fsp3) is 0.444. The van der Waals surface area contributed by atoms with E-state index in [1.165, 1.54) is 23.1 Å². The van der Waals surface area contributed by atoms with Gasteiger partial charge in [0.2, 0.25) is 0 Å². The van der Waals surface area contributed by atoms with Gasteiger partial charge in [0.05, 0.1) is 17.8 Å². The highest BCUT2D eigenvalue weighted by atomic mass is 16.7. The Morgan fingerprint density at radius 3 is 2.29 bits per heavy atom. The Hall–Kier alpha value is -2.87. The number of amides is 1. The van der Waals surface area contributed by atoms with Crippen LogP contribution in [-0.4, -0.2) is 59.0 Å². The molecule has 34 heavy (non-hydrogen) atoms. The number of aryl methyl sites for hydroxylation is 1. The summed E-state index contributed by atoms with van der Waals surface area (Å²) in [5.74, 6) is 1.18. The summed E-state index contributed by atoms with van der Waals surface area (Å²) in [6, 6.07) is 14.6. The van der Waals surface area contributed by atoms with Crippen LogP contribution in [0.15, 0.2) is 53.9 Å². The number of rotatable bonds is 6. The number of carbonyl (C=O) groups excluding carboxylic acids is 1. The smallest absolute Gasteiger partial charge is 0.261 e. The van der Waals surface area contributed by atoms with Gasteiger partial charge in [0.25, 0.3) is 5.91 Å². The molecule has 0 saturated heterocycles. The van der Waals surface area contributed by atoms with Gasteiger partial charge in [-0.3, -0.25) is 9.69 Å². The van der Waals surface area contributed by atoms with Crippen LogP contribution in [0.2, 0.25) is 0 Å². The van der Waals surface area contributed by atoms with E-state index in [-0.39, 0.29) is 12.2 Å². The van der Waals surface area contributed by atoms with Crippen LogP contribution >= 0.6 is 0 Å². The minimum absolute atomic E-state index is 0.0997. The van der Waals surface area contributed by atoms with Gasteiger partial charge < -0.3 is 25.0 Å². The molecule has 0 atom stereocenters. The SMILES string of the molecule is COC(CN)OC.Cc1cccc(CN2C(=O)c3cc(N(C)C)ccc3N(C)C2=C2CCC2)c1. The maximum Gasteiger partial charge on any atom is 0.261 e. The van der Waals surface area contributed by atoms with Crippen LogP contribution in [0, 0.1) is 6.92 Å². The van der Waals surface area contributed by atoms with Crippen LogP contribution in [0.25, 0.3) is 0 Å². The molecule has 2 N–H and O–H groups in total. The van der Waals surface area contributed by atoms with E-state index >= 15 is 0 Å². The van der Waals surface area contributed by atoms with Crippen LogP contribution in [-0.2, 0) is 16.0 Å². The highest BCUT2D eigenvalue weighted by Crippen LogP contribution is 2.40. The topological polar surface area (TPSA) is 71.3 Å². The number of fused-ring (bicyclic) bond motifs is 1. The predicted octanol–water partition coefficient (Wildman–Crippen LogP) is 4.11. The summed E-state index contributed by atoms with van der Waals surface area (Å²) < 4.78 is 9.40. The van der Waals surface area contributed by atoms with E-state index in [4.69, 9.17) is 15.2 Å². The fourth-order valence-corrected chi connectivity index (χ4v) is 4.24. The Balaban J connectivity index is 0.000000406. The molecule has 1 aliphatic carbocycles. The lowest BCUT2D eigenvalue weighted by Gasteiger charge is -2.42. The molecule has 7 heteroatoms. The Kier molecular flexibility index (Phi) is 8.72. The average molecular weight is 467 g/mol. The van der Waals surface area contributed by atoms with Gasteiger partial charge in [0, 0.05) is 47.6 Å². The monoisotopic (exact) mass is 466 g/mol. The molecule has 7 nitrogen and oxygen atoms in total. The van der Waals surface area contributed by atoms with Crippen molar-refractivity contribution in [2.75, 3.05) is 51.7 Å². The predicted molar refractivity (Wildman–Crippen MR) is 138 cm³/mol. The molecule has 4 rings (SSSR count). The summed E-state index contributed by atoms with van der Waals surface area (Å²) in [5.41, 5.74) is 11.7. The van der Waals surface area contributed by atoms with E-state index in [2.05, 4.69) is 55.3 Å². The van der Waals surface area contributed by atoms with E-state index in [1.807, 2.05) is 30.0 Å². The molecule has 1 saturated carbocycles. The lowest BCUT2D eigenvalue weighted by molar-refractivity contribution is -0.0940. The first-order valence-electron chi connectivity index (χ1n) is 11.7. The van der Waals surface area contributed by atoms with Crippen molar-refractivity contribution >= 4 is 17.3 Å². The number of ether oxygens (including phenoxy) is 2. The van der Waals surface area contributed by atoms with Crippen molar-refractivity contribution < 1.29 is 14.3 Å². The van der Waals surface area contributed by atoms with Gasteiger partial charge in [-0.2, -0.15) is 0 Å². The van der Waals surface area contributed by atoms with E-state index in [1.54, 1.807) is 14.2 Å². The van der Waals surface area contributed by atoms with E-state index in [9.17, 15) is 4.79 Å². The molecule has 2 aliphatic rings. The number of hydrogen-bond donors (Lipinski definition) is 1. The molecule has 1 aliphatic heterocycles. The number of nitrogens with two attached hydrogens (primary N) is 1. The minimum atomic E-state index is -0.236. The molecular formula is C27H38N4O3. The third-order valence-electron chi connectivity index (χ3n) is 6.32. The van der Waals surface area contributed by atoms with Crippen LogP contribution in [0.5, 0.6) is 0 Å². The molecule has 184 valence electrons. The summed E-state index contributed by atoms with van der Waals surface area (Å²) in [5, 5.41) is 0. The van der Waals surface area contributed by atoms with Gasteiger partial charge in [-0.05, 0) is 55.5 Å². The first-order chi connectivity index (χ1) is 16.3. The maximum absolute atomic E-state index is 13.5. The van der Waals surface area contributed by atoms with Gasteiger partial charge in [0.15, 0.2) is 6.29 Å². The van der Waals surface area contributed by atoms with Gasteiger partial charge in [-0.1, -0.05) is 29.8 Å². The number of anilines is 2. The van der Waals surface area contributed by atoms with E-state index < -0.39 is 0 Å². The molecule has 0 radical (unpaired) electrons. The molecule has 2 aromatic carbocycles. The number of hydrogen-bond acceptors (Lipinski definition) is 6. The highest BCUT2D eigenvalue weighted by Gasteiger charge is 2.35. The largest absolute Gasteiger partial charge is 0.378 e. The normalized spacial score (nSPS) is 15.1. The second-order valence-electron chi connectivity index (χ2n) is 8.95. The van der Waals surface area contributed by atoms with Crippen molar-refractivity contribution in [3.8, 4) is 0 Å². The van der Waals surface area contributed by atoms with Crippen LogP contribution < -0.4 is 15.5 Å². The second-order valence-corrected chi connectivity index (χ2v) is 8.95. The van der Waals surface area contributed by atoms with Crippen molar-refractivity contribution in [3.63, 3.8) is 0 Å². The number of allylic oxidation sites excluding steroid dienone is 1. The van der Waals surface area contributed by atoms with E-state index in [0.717, 1.165) is 35.6 Å². The zero-order chi connectivity index (χ0) is 24.8. The van der Waals surface area contributed by atoms with Gasteiger partial charge in [-0.25, -0.2) is 0 Å². The molecular weight excluding hydrogens is 428 g/mol. The fourth-order valence-electron chi connectivity index (χ4n) is 4.24. The number of carbonyl (C=O) groups is 1. The lowest BCUT2D eigenvalue weighted by Crippen LogP contribution is -2.44. The number of methoxy groups -OCH3 is 2. The van der Waals surface area contributed by atoms with Crippen molar-refractivity contribution in [2.45, 2.75) is 39.0 Å². The molecule has 0 bridgehead atoms. The quantitative estimate of drug-likeness (QED) is 0.646. The third-order valence-corrected chi connectivity index (χ3v) is 6.32. The third kappa shape index (κ3) is 5.60. The summed E-state index contributed by atoms with van der Waals surface area (Å²) in [4.78, 5) is 19.8. The van der Waals surface area contributed by atoms with Gasteiger partial charge >= 0.3 is 0 Å². The Bertz CT molecular complexity index is 1020. The van der Waals surface area contributed by atoms with Crippen molar-refractivity contribution in [2.24, 2.45) is 5.73 Å². The standard InChI is InChI=1S/C23H27N3O.C4H11NO2/c1-16-7-5-8-17(13-16)15-26-22(18-9-6-10-18)25(4)21-12-11-19(24(2)3)14-20(21)23(26)27;1-6-4(3-5)7-2/h5,7-8,11-14H,6,9-10,15H2,1-4H3;4H,3,5H2,1-2H3. The Labute approximate surface area is 203 Å². The molecule has 0 spiro atoms. The zero-order valence-electron chi connectivity index (χ0n) is 21.3. The van der Waals surface area contributed by atoms with Crippen molar-refractivity contribution in [1.29, 1.82) is 0 Å². The van der Waals surface area contributed by atoms with Gasteiger partial charge in [-0.15, -0.1) is 0 Å². The molecule has 2 aromatic rings. The zero-order valence-corrected chi connectivity index (χ0v) is 21.3. The van der Waals surface area contributed by atoms with Crippen LogP contribution in [0.1, 0.15) is 40.7 Å². The number of nitrogens with zero attached hydrogens (tertiary/aromatic N) is 3. The second kappa shape index (κ2) is 11.5. The molecule has 0 unspecified atom stereocenters. The minimum Gasteiger partial charge on any atom is -0.378 e. The summed E-state index contributed by atoms with van der Waals surface area (Å²) in [6.07, 6.45) is 3.15. The summed E-state index contributed by atoms with van der Waals surface area (Å²) >= 11 is 0. The summed E-state index contributed by atoms with van der Waals surface area (Å²) in [6.45, 7) is 3.11. The maximum atomic E-state index is 13.5. The van der Waals surface area contributed by atoms with Crippen molar-refractivity contribution in [1.82, 2.24) is 4.90 Å². The van der Waals surface area contributed by atoms with Gasteiger partial charge in [0.1, 0.15) is 5.82 Å². The summed E-state index contributed by atoms with van der Waals surface area (Å²) in [7, 11) is 9.21. The average Bonchev–Trinajstić information content (AvgIpc) is 2.79. The first-order valence-corrected chi connectivity index (χ1v) is 11.7. The molecule has 0 aromatic heterocycles.